The fourth-order valence-electron chi connectivity index (χ4n) is 4.06. The van der Waals surface area contributed by atoms with Crippen molar-refractivity contribution in [2.75, 3.05) is 36.4 Å². The van der Waals surface area contributed by atoms with Crippen LogP contribution >= 0.6 is 11.6 Å². The van der Waals surface area contributed by atoms with Crippen LogP contribution in [0.3, 0.4) is 0 Å². The van der Waals surface area contributed by atoms with E-state index in [1.807, 2.05) is 49.6 Å². The van der Waals surface area contributed by atoms with Gasteiger partial charge in [0.25, 0.3) is 0 Å². The van der Waals surface area contributed by atoms with Crippen molar-refractivity contribution in [1.82, 2.24) is 24.6 Å². The summed E-state index contributed by atoms with van der Waals surface area (Å²) in [6.45, 7) is 4.69. The van der Waals surface area contributed by atoms with Gasteiger partial charge in [-0.2, -0.15) is 5.10 Å². The molecule has 0 amide bonds. The summed E-state index contributed by atoms with van der Waals surface area (Å²) in [7, 11) is 1.90. The van der Waals surface area contributed by atoms with E-state index in [0.717, 1.165) is 60.4 Å². The van der Waals surface area contributed by atoms with Crippen molar-refractivity contribution >= 4 is 28.9 Å². The van der Waals surface area contributed by atoms with Gasteiger partial charge in [0.05, 0.1) is 16.4 Å². The van der Waals surface area contributed by atoms with Gasteiger partial charge < -0.3 is 10.2 Å². The summed E-state index contributed by atoms with van der Waals surface area (Å²) in [5, 5.41) is 8.51. The predicted octanol–water partition coefficient (Wildman–Crippen LogP) is 4.60. The number of aromatic nitrogens is 4. The second kappa shape index (κ2) is 9.60. The quantitative estimate of drug-likeness (QED) is 0.455. The number of aryl methyl sites for hydroxylation is 1. The molecule has 0 saturated carbocycles. The van der Waals surface area contributed by atoms with Crippen molar-refractivity contribution in [3.05, 3.63) is 83.8 Å². The van der Waals surface area contributed by atoms with Gasteiger partial charge in [-0.1, -0.05) is 41.9 Å². The topological polar surface area (TPSA) is 62.1 Å². The average molecular weight is 460 g/mol. The van der Waals surface area contributed by atoms with Crippen molar-refractivity contribution in [3.63, 3.8) is 0 Å². The molecule has 1 aliphatic heterocycles. The zero-order chi connectivity index (χ0) is 22.6. The van der Waals surface area contributed by atoms with Crippen LogP contribution in [0.1, 0.15) is 5.69 Å². The van der Waals surface area contributed by atoms with Gasteiger partial charge in [-0.15, -0.1) is 0 Å². The van der Waals surface area contributed by atoms with Crippen LogP contribution in [0.25, 0.3) is 11.3 Å². The summed E-state index contributed by atoms with van der Waals surface area (Å²) in [6.07, 6.45) is 3.63. The van der Waals surface area contributed by atoms with E-state index in [9.17, 15) is 0 Å². The third-order valence-corrected chi connectivity index (χ3v) is 6.13. The highest BCUT2D eigenvalue weighted by Crippen LogP contribution is 2.23. The van der Waals surface area contributed by atoms with Crippen LogP contribution < -0.4 is 10.2 Å². The molecule has 168 valence electrons. The SMILES string of the molecule is Cn1cc(Cl)c(CN2CCN(c3ccc(Nc4nccc(-c5ccccc5)n4)cc3)CC2)n1. The second-order valence-corrected chi connectivity index (χ2v) is 8.57. The maximum Gasteiger partial charge on any atom is 0.227 e. The van der Waals surface area contributed by atoms with Crippen LogP contribution in [-0.2, 0) is 13.6 Å². The Balaban J connectivity index is 1.18. The fourth-order valence-corrected chi connectivity index (χ4v) is 4.30. The van der Waals surface area contributed by atoms with E-state index in [4.69, 9.17) is 11.6 Å². The van der Waals surface area contributed by atoms with E-state index >= 15 is 0 Å². The zero-order valence-corrected chi connectivity index (χ0v) is 19.3. The first-order valence-electron chi connectivity index (χ1n) is 11.0. The number of nitrogens with one attached hydrogen (secondary N) is 1. The summed E-state index contributed by atoms with van der Waals surface area (Å²) in [5.41, 5.74) is 5.10. The number of nitrogens with zero attached hydrogens (tertiary/aromatic N) is 6. The molecule has 0 unspecified atom stereocenters. The molecule has 0 aliphatic carbocycles. The molecule has 2 aromatic carbocycles. The molecule has 0 radical (unpaired) electrons. The summed E-state index contributed by atoms with van der Waals surface area (Å²) in [5.74, 6) is 0.589. The Morgan fingerprint density at radius 2 is 1.70 bits per heavy atom. The molecule has 1 aliphatic rings. The highest BCUT2D eigenvalue weighted by atomic mass is 35.5. The molecule has 0 atom stereocenters. The molecule has 0 spiro atoms. The molecular formula is C25H26ClN7. The molecule has 3 heterocycles. The molecule has 4 aromatic rings. The van der Waals surface area contributed by atoms with Gasteiger partial charge in [-0.3, -0.25) is 9.58 Å². The highest BCUT2D eigenvalue weighted by Gasteiger charge is 2.19. The zero-order valence-electron chi connectivity index (χ0n) is 18.5. The Morgan fingerprint density at radius 1 is 0.939 bits per heavy atom. The minimum absolute atomic E-state index is 0.589. The summed E-state index contributed by atoms with van der Waals surface area (Å²) < 4.78 is 1.77. The van der Waals surface area contributed by atoms with E-state index in [-0.39, 0.29) is 0 Å². The molecule has 1 fully saturated rings. The van der Waals surface area contributed by atoms with Crippen LogP contribution in [0, 0.1) is 0 Å². The van der Waals surface area contributed by atoms with E-state index in [0.29, 0.717) is 5.95 Å². The summed E-state index contributed by atoms with van der Waals surface area (Å²) in [4.78, 5) is 13.8. The van der Waals surface area contributed by atoms with Gasteiger partial charge in [0.1, 0.15) is 0 Å². The number of rotatable bonds is 6. The van der Waals surface area contributed by atoms with E-state index < -0.39 is 0 Å². The molecule has 1 N–H and O–H groups in total. The minimum atomic E-state index is 0.589. The first-order chi connectivity index (χ1) is 16.1. The monoisotopic (exact) mass is 459 g/mol. The molecule has 33 heavy (non-hydrogen) atoms. The summed E-state index contributed by atoms with van der Waals surface area (Å²) in [6, 6.07) is 20.5. The smallest absolute Gasteiger partial charge is 0.227 e. The maximum atomic E-state index is 6.27. The largest absolute Gasteiger partial charge is 0.369 e. The number of hydrogen-bond acceptors (Lipinski definition) is 6. The van der Waals surface area contributed by atoms with Crippen molar-refractivity contribution in [1.29, 1.82) is 0 Å². The lowest BCUT2D eigenvalue weighted by Gasteiger charge is -2.35. The Labute approximate surface area is 198 Å². The van der Waals surface area contributed by atoms with Crippen molar-refractivity contribution in [2.45, 2.75) is 6.54 Å². The maximum absolute atomic E-state index is 6.27. The molecule has 1 saturated heterocycles. The molecule has 2 aromatic heterocycles. The van der Waals surface area contributed by atoms with E-state index in [2.05, 4.69) is 54.4 Å². The predicted molar refractivity (Wildman–Crippen MR) is 133 cm³/mol. The van der Waals surface area contributed by atoms with Crippen LogP contribution in [0.5, 0.6) is 0 Å². The minimum Gasteiger partial charge on any atom is -0.369 e. The van der Waals surface area contributed by atoms with Crippen molar-refractivity contribution < 1.29 is 0 Å². The number of halogens is 1. The summed E-state index contributed by atoms with van der Waals surface area (Å²) >= 11 is 6.27. The first kappa shape index (κ1) is 21.4. The van der Waals surface area contributed by atoms with Gasteiger partial charge in [-0.05, 0) is 30.3 Å². The fraction of sp³-hybridized carbons (Fsp3) is 0.240. The lowest BCUT2D eigenvalue weighted by Crippen LogP contribution is -2.46. The Hall–Kier alpha value is -3.42. The second-order valence-electron chi connectivity index (χ2n) is 8.16. The van der Waals surface area contributed by atoms with Gasteiger partial charge in [-0.25, -0.2) is 9.97 Å². The van der Waals surface area contributed by atoms with Gasteiger partial charge >= 0.3 is 0 Å². The Kier molecular flexibility index (Phi) is 6.24. The third kappa shape index (κ3) is 5.16. The number of benzene rings is 2. The van der Waals surface area contributed by atoms with E-state index in [1.165, 1.54) is 5.69 Å². The molecule has 7 nitrogen and oxygen atoms in total. The lowest BCUT2D eigenvalue weighted by molar-refractivity contribution is 0.246. The molecule has 5 rings (SSSR count). The van der Waals surface area contributed by atoms with Gasteiger partial charge in [0.15, 0.2) is 0 Å². The van der Waals surface area contributed by atoms with Crippen LogP contribution in [0.2, 0.25) is 5.02 Å². The van der Waals surface area contributed by atoms with Crippen molar-refractivity contribution in [2.24, 2.45) is 7.05 Å². The highest BCUT2D eigenvalue weighted by molar-refractivity contribution is 6.31. The number of hydrogen-bond donors (Lipinski definition) is 1. The average Bonchev–Trinajstić information content (AvgIpc) is 3.17. The molecular weight excluding hydrogens is 434 g/mol. The van der Waals surface area contributed by atoms with Crippen LogP contribution in [0.15, 0.2) is 73.1 Å². The number of anilines is 3. The van der Waals surface area contributed by atoms with Crippen LogP contribution in [-0.4, -0.2) is 50.8 Å². The lowest BCUT2D eigenvalue weighted by atomic mass is 10.1. The van der Waals surface area contributed by atoms with Crippen molar-refractivity contribution in [3.8, 4) is 11.3 Å². The van der Waals surface area contributed by atoms with Gasteiger partial charge in [0, 0.05) is 69.1 Å². The molecule has 8 heteroatoms. The first-order valence-corrected chi connectivity index (χ1v) is 11.4. The van der Waals surface area contributed by atoms with Crippen LogP contribution in [0.4, 0.5) is 17.3 Å². The molecule has 0 bridgehead atoms. The standard InChI is InChI=1S/C25H26ClN7/c1-31-17-22(26)24(30-31)18-32-13-15-33(16-14-32)21-9-7-20(8-10-21)28-25-27-12-11-23(29-25)19-5-3-2-4-6-19/h2-12,17H,13-16,18H2,1H3,(H,27,28,29). The number of piperazine rings is 1. The Morgan fingerprint density at radius 3 is 2.39 bits per heavy atom. The van der Waals surface area contributed by atoms with Gasteiger partial charge in [0.2, 0.25) is 5.95 Å². The Bertz CT molecular complexity index is 1200. The van der Waals surface area contributed by atoms with E-state index in [1.54, 1.807) is 10.9 Å². The third-order valence-electron chi connectivity index (χ3n) is 5.81. The normalized spacial score (nSPS) is 14.4.